The van der Waals surface area contributed by atoms with E-state index in [0.717, 1.165) is 43.2 Å². The van der Waals surface area contributed by atoms with Crippen molar-refractivity contribution in [2.45, 2.75) is 26.3 Å². The van der Waals surface area contributed by atoms with Crippen molar-refractivity contribution in [3.8, 4) is 0 Å². The van der Waals surface area contributed by atoms with Crippen LogP contribution in [0.5, 0.6) is 0 Å². The maximum atomic E-state index is 12.1. The number of aryl methyl sites for hydroxylation is 1. The van der Waals surface area contributed by atoms with E-state index < -0.39 is 0 Å². The molecule has 1 aliphatic rings. The van der Waals surface area contributed by atoms with E-state index in [1.807, 2.05) is 6.92 Å². The summed E-state index contributed by atoms with van der Waals surface area (Å²) in [4.78, 5) is 33.1. The van der Waals surface area contributed by atoms with E-state index in [1.54, 1.807) is 23.5 Å². The first-order chi connectivity index (χ1) is 11.6. The zero-order valence-corrected chi connectivity index (χ0v) is 14.6. The van der Waals surface area contributed by atoms with Crippen LogP contribution >= 0.6 is 11.3 Å². The van der Waals surface area contributed by atoms with Crippen molar-refractivity contribution in [2.24, 2.45) is 5.92 Å². The van der Waals surface area contributed by atoms with Gasteiger partial charge in [-0.25, -0.2) is 4.98 Å². The summed E-state index contributed by atoms with van der Waals surface area (Å²) in [6.45, 7) is 5.59. The summed E-state index contributed by atoms with van der Waals surface area (Å²) in [5.41, 5.74) is 0.977. The number of nitrogens with one attached hydrogen (secondary N) is 2. The van der Waals surface area contributed by atoms with Gasteiger partial charge in [0.05, 0.1) is 10.7 Å². The minimum atomic E-state index is -0.344. The molecule has 0 spiro atoms. The van der Waals surface area contributed by atoms with Crippen molar-refractivity contribution in [1.82, 2.24) is 20.2 Å². The monoisotopic (exact) mass is 346 g/mol. The van der Waals surface area contributed by atoms with Crippen LogP contribution in [0.3, 0.4) is 0 Å². The van der Waals surface area contributed by atoms with E-state index in [-0.39, 0.29) is 17.0 Å². The smallest absolute Gasteiger partial charge is 0.260 e. The first-order valence-corrected chi connectivity index (χ1v) is 9.09. The van der Waals surface area contributed by atoms with Crippen molar-refractivity contribution in [3.05, 3.63) is 50.3 Å². The molecule has 1 fully saturated rings. The Labute approximate surface area is 144 Å². The van der Waals surface area contributed by atoms with Crippen molar-refractivity contribution < 1.29 is 4.79 Å². The van der Waals surface area contributed by atoms with Gasteiger partial charge in [-0.2, -0.15) is 0 Å². The second kappa shape index (κ2) is 7.72. The van der Waals surface area contributed by atoms with Crippen LogP contribution in [0, 0.1) is 12.8 Å². The molecule has 0 saturated carbocycles. The number of hydrogen-bond acceptors (Lipinski definition) is 5. The van der Waals surface area contributed by atoms with Gasteiger partial charge in [-0.3, -0.25) is 14.5 Å². The summed E-state index contributed by atoms with van der Waals surface area (Å²) in [5.74, 6) is 0.169. The van der Waals surface area contributed by atoms with Crippen LogP contribution in [0.1, 0.15) is 33.9 Å². The van der Waals surface area contributed by atoms with Crippen LogP contribution < -0.4 is 10.9 Å². The van der Waals surface area contributed by atoms with E-state index in [1.165, 1.54) is 6.20 Å². The van der Waals surface area contributed by atoms with Crippen LogP contribution in [-0.4, -0.2) is 40.4 Å². The standard InChI is InChI=1S/C17H22N4O2S/c1-12-20-14(11-24-12)10-21-7-4-13(5-8-21)9-19-17(23)15-3-2-6-18-16(15)22/h2-3,6,11,13H,4-5,7-10H2,1H3,(H,18,22)(H,19,23). The number of nitrogens with zero attached hydrogens (tertiary/aromatic N) is 2. The normalized spacial score (nSPS) is 16.2. The van der Waals surface area contributed by atoms with Crippen LogP contribution in [0.15, 0.2) is 28.5 Å². The number of carbonyl (C=O) groups is 1. The lowest BCUT2D eigenvalue weighted by atomic mass is 9.96. The number of amides is 1. The first-order valence-electron chi connectivity index (χ1n) is 8.21. The maximum Gasteiger partial charge on any atom is 0.260 e. The second-order valence-electron chi connectivity index (χ2n) is 6.20. The molecule has 7 heteroatoms. The molecule has 1 saturated heterocycles. The second-order valence-corrected chi connectivity index (χ2v) is 7.26. The number of piperidine rings is 1. The fraction of sp³-hybridized carbons (Fsp3) is 0.471. The third-order valence-electron chi connectivity index (χ3n) is 4.37. The van der Waals surface area contributed by atoms with E-state index in [0.29, 0.717) is 12.5 Å². The van der Waals surface area contributed by atoms with Gasteiger partial charge in [0.1, 0.15) is 5.56 Å². The molecule has 0 aromatic carbocycles. The van der Waals surface area contributed by atoms with Crippen LogP contribution in [0.4, 0.5) is 0 Å². The number of aromatic amines is 1. The third kappa shape index (κ3) is 4.30. The summed E-state index contributed by atoms with van der Waals surface area (Å²) in [6.07, 6.45) is 3.63. The number of rotatable bonds is 5. The number of hydrogen-bond donors (Lipinski definition) is 2. The summed E-state index contributed by atoms with van der Waals surface area (Å²) in [5, 5.41) is 6.12. The predicted molar refractivity (Wildman–Crippen MR) is 94.2 cm³/mol. The van der Waals surface area contributed by atoms with Gasteiger partial charge in [0.15, 0.2) is 0 Å². The van der Waals surface area contributed by atoms with Gasteiger partial charge in [0.2, 0.25) is 0 Å². The number of carbonyl (C=O) groups excluding carboxylic acids is 1. The number of pyridine rings is 1. The number of H-pyrrole nitrogens is 1. The predicted octanol–water partition coefficient (Wildman–Crippen LogP) is 1.78. The number of aromatic nitrogens is 2. The number of thiazole rings is 1. The van der Waals surface area contributed by atoms with E-state index >= 15 is 0 Å². The summed E-state index contributed by atoms with van der Waals surface area (Å²) >= 11 is 1.69. The third-order valence-corrected chi connectivity index (χ3v) is 5.20. The van der Waals surface area contributed by atoms with Crippen molar-refractivity contribution in [1.29, 1.82) is 0 Å². The Kier molecular flexibility index (Phi) is 5.42. The van der Waals surface area contributed by atoms with Gasteiger partial charge in [0.25, 0.3) is 11.5 Å². The molecule has 0 atom stereocenters. The van der Waals surface area contributed by atoms with Crippen molar-refractivity contribution in [2.75, 3.05) is 19.6 Å². The minimum Gasteiger partial charge on any atom is -0.352 e. The highest BCUT2D eigenvalue weighted by molar-refractivity contribution is 7.09. The molecule has 0 radical (unpaired) electrons. The molecule has 1 aliphatic heterocycles. The van der Waals surface area contributed by atoms with Crippen molar-refractivity contribution in [3.63, 3.8) is 0 Å². The van der Waals surface area contributed by atoms with Crippen LogP contribution in [-0.2, 0) is 6.54 Å². The van der Waals surface area contributed by atoms with Gasteiger partial charge >= 0.3 is 0 Å². The topological polar surface area (TPSA) is 78.1 Å². The Balaban J connectivity index is 1.43. The molecule has 0 aliphatic carbocycles. The van der Waals surface area contributed by atoms with E-state index in [2.05, 4.69) is 25.6 Å². The Hall–Kier alpha value is -1.99. The lowest BCUT2D eigenvalue weighted by molar-refractivity contribution is 0.0933. The van der Waals surface area contributed by atoms with Gasteiger partial charge < -0.3 is 10.3 Å². The summed E-state index contributed by atoms with van der Waals surface area (Å²) in [7, 11) is 0. The molecule has 3 heterocycles. The fourth-order valence-corrected chi connectivity index (χ4v) is 3.60. The zero-order valence-electron chi connectivity index (χ0n) is 13.7. The fourth-order valence-electron chi connectivity index (χ4n) is 2.99. The molecule has 1 amide bonds. The lowest BCUT2D eigenvalue weighted by Crippen LogP contribution is -2.39. The largest absolute Gasteiger partial charge is 0.352 e. The van der Waals surface area contributed by atoms with Gasteiger partial charge in [-0.1, -0.05) is 0 Å². The molecular formula is C17H22N4O2S. The molecule has 24 heavy (non-hydrogen) atoms. The highest BCUT2D eigenvalue weighted by Gasteiger charge is 2.21. The molecule has 2 aromatic rings. The molecule has 128 valence electrons. The number of likely N-dealkylation sites (tertiary alicyclic amines) is 1. The highest BCUT2D eigenvalue weighted by Crippen LogP contribution is 2.19. The summed E-state index contributed by atoms with van der Waals surface area (Å²) < 4.78 is 0. The first kappa shape index (κ1) is 16.9. The van der Waals surface area contributed by atoms with Gasteiger partial charge in [0, 0.05) is 24.7 Å². The molecule has 2 N–H and O–H groups in total. The maximum absolute atomic E-state index is 12.1. The van der Waals surface area contributed by atoms with Crippen LogP contribution in [0.2, 0.25) is 0 Å². The molecule has 3 rings (SSSR count). The lowest BCUT2D eigenvalue weighted by Gasteiger charge is -2.31. The Morgan fingerprint density at radius 2 is 2.25 bits per heavy atom. The quantitative estimate of drug-likeness (QED) is 0.865. The molecule has 0 unspecified atom stereocenters. The minimum absolute atomic E-state index is 0.175. The Bertz CT molecular complexity index is 747. The van der Waals surface area contributed by atoms with E-state index in [9.17, 15) is 9.59 Å². The highest BCUT2D eigenvalue weighted by atomic mass is 32.1. The molecule has 2 aromatic heterocycles. The zero-order chi connectivity index (χ0) is 16.9. The average molecular weight is 346 g/mol. The van der Waals surface area contributed by atoms with Crippen molar-refractivity contribution >= 4 is 17.2 Å². The van der Waals surface area contributed by atoms with Gasteiger partial charge in [-0.05, 0) is 50.9 Å². The molecule has 0 bridgehead atoms. The molecule has 6 nitrogen and oxygen atoms in total. The van der Waals surface area contributed by atoms with Crippen LogP contribution in [0.25, 0.3) is 0 Å². The SMILES string of the molecule is Cc1nc(CN2CCC(CNC(=O)c3ccc[nH]c3=O)CC2)cs1. The van der Waals surface area contributed by atoms with Gasteiger partial charge in [-0.15, -0.1) is 11.3 Å². The average Bonchev–Trinajstić information content (AvgIpc) is 2.99. The Morgan fingerprint density at radius 3 is 2.92 bits per heavy atom. The van der Waals surface area contributed by atoms with E-state index in [4.69, 9.17) is 0 Å². The molecular weight excluding hydrogens is 324 g/mol. The Morgan fingerprint density at radius 1 is 1.46 bits per heavy atom. The summed E-state index contributed by atoms with van der Waals surface area (Å²) in [6, 6.07) is 3.21.